The van der Waals surface area contributed by atoms with Gasteiger partial charge in [0.05, 0.1) is 16.4 Å². The Kier molecular flexibility index (Phi) is 5.47. The predicted molar refractivity (Wildman–Crippen MR) is 87.3 cm³/mol. The maximum atomic E-state index is 12.5. The van der Waals surface area contributed by atoms with E-state index in [1.54, 1.807) is 32.2 Å². The van der Waals surface area contributed by atoms with Gasteiger partial charge >= 0.3 is 0 Å². The number of nitrogens with one attached hydrogen (secondary N) is 1. The summed E-state index contributed by atoms with van der Waals surface area (Å²) in [5.74, 6) is 0.346. The number of hydrogen-bond donors (Lipinski definition) is 1. The van der Waals surface area contributed by atoms with Gasteiger partial charge in [-0.05, 0) is 25.5 Å². The number of pyridine rings is 1. The molecule has 1 aromatic heterocycles. The van der Waals surface area contributed by atoms with Crippen LogP contribution in [0.4, 0.5) is 5.69 Å². The van der Waals surface area contributed by atoms with Crippen molar-refractivity contribution in [2.45, 2.75) is 25.3 Å². The van der Waals surface area contributed by atoms with Crippen LogP contribution in [0.15, 0.2) is 41.4 Å². The van der Waals surface area contributed by atoms with Gasteiger partial charge in [-0.3, -0.25) is 10.1 Å². The van der Waals surface area contributed by atoms with Crippen molar-refractivity contribution in [1.82, 2.24) is 9.71 Å². The number of aryl methyl sites for hydroxylation is 1. The fourth-order valence-electron chi connectivity index (χ4n) is 2.07. The van der Waals surface area contributed by atoms with Crippen LogP contribution in [0.3, 0.4) is 0 Å². The van der Waals surface area contributed by atoms with Crippen LogP contribution in [0.5, 0.6) is 5.88 Å². The van der Waals surface area contributed by atoms with Gasteiger partial charge < -0.3 is 4.74 Å². The number of nitro groups is 1. The van der Waals surface area contributed by atoms with Crippen molar-refractivity contribution in [3.05, 3.63) is 57.8 Å². The molecule has 2 rings (SSSR count). The van der Waals surface area contributed by atoms with Gasteiger partial charge in [0.25, 0.3) is 5.69 Å². The highest BCUT2D eigenvalue weighted by Gasteiger charge is 2.21. The molecule has 0 saturated heterocycles. The Hall–Kier alpha value is -2.52. The van der Waals surface area contributed by atoms with Crippen molar-refractivity contribution in [2.75, 3.05) is 6.61 Å². The van der Waals surface area contributed by atoms with Crippen molar-refractivity contribution < 1.29 is 18.1 Å². The molecular weight excluding hydrogens is 334 g/mol. The average molecular weight is 351 g/mol. The third-order valence-corrected chi connectivity index (χ3v) is 4.80. The summed E-state index contributed by atoms with van der Waals surface area (Å²) in [5.41, 5.74) is 0.715. The number of ether oxygens (including phenoxy) is 1. The Labute approximate surface area is 139 Å². The molecule has 128 valence electrons. The van der Waals surface area contributed by atoms with Crippen LogP contribution in [0.2, 0.25) is 0 Å². The molecule has 0 aliphatic carbocycles. The number of sulfonamides is 1. The van der Waals surface area contributed by atoms with Gasteiger partial charge in [0.15, 0.2) is 0 Å². The van der Waals surface area contributed by atoms with Gasteiger partial charge in [-0.15, -0.1) is 0 Å². The van der Waals surface area contributed by atoms with E-state index in [0.29, 0.717) is 23.6 Å². The van der Waals surface area contributed by atoms with Crippen molar-refractivity contribution in [1.29, 1.82) is 0 Å². The lowest BCUT2D eigenvalue weighted by molar-refractivity contribution is -0.385. The summed E-state index contributed by atoms with van der Waals surface area (Å²) in [6, 6.07) is 7.08. The van der Waals surface area contributed by atoms with Crippen LogP contribution in [0, 0.1) is 17.0 Å². The number of aromatic nitrogens is 1. The molecule has 8 nitrogen and oxygen atoms in total. The lowest BCUT2D eigenvalue weighted by Crippen LogP contribution is -2.24. The van der Waals surface area contributed by atoms with Crippen LogP contribution in [0.25, 0.3) is 0 Å². The highest BCUT2D eigenvalue weighted by atomic mass is 32.2. The summed E-state index contributed by atoms with van der Waals surface area (Å²) >= 11 is 0. The van der Waals surface area contributed by atoms with Gasteiger partial charge in [-0.2, -0.15) is 0 Å². The van der Waals surface area contributed by atoms with Crippen molar-refractivity contribution in [2.24, 2.45) is 0 Å². The summed E-state index contributed by atoms with van der Waals surface area (Å²) in [7, 11) is -3.91. The fraction of sp³-hybridized carbons (Fsp3) is 0.267. The van der Waals surface area contributed by atoms with E-state index in [1.807, 2.05) is 0 Å². The molecule has 0 radical (unpaired) electrons. The molecule has 0 atom stereocenters. The number of nitro benzene ring substituents is 1. The normalized spacial score (nSPS) is 11.2. The molecular formula is C15H17N3O5S. The molecule has 24 heavy (non-hydrogen) atoms. The summed E-state index contributed by atoms with van der Waals surface area (Å²) in [6.45, 7) is 3.75. The zero-order valence-corrected chi connectivity index (χ0v) is 14.0. The Bertz CT molecular complexity index is 852. The molecule has 0 fully saturated rings. The number of nitrogens with zero attached hydrogens (tertiary/aromatic N) is 2. The largest absolute Gasteiger partial charge is 0.478 e. The zero-order chi connectivity index (χ0) is 17.7. The third kappa shape index (κ3) is 4.06. The second-order valence-electron chi connectivity index (χ2n) is 4.93. The van der Waals surface area contributed by atoms with Crippen molar-refractivity contribution in [3.8, 4) is 5.88 Å². The van der Waals surface area contributed by atoms with Crippen molar-refractivity contribution in [3.63, 3.8) is 0 Å². The van der Waals surface area contributed by atoms with Crippen LogP contribution in [-0.4, -0.2) is 24.9 Å². The second kappa shape index (κ2) is 7.37. The van der Waals surface area contributed by atoms with E-state index >= 15 is 0 Å². The van der Waals surface area contributed by atoms with Crippen molar-refractivity contribution >= 4 is 15.7 Å². The van der Waals surface area contributed by atoms with E-state index in [1.165, 1.54) is 12.1 Å². The smallest absolute Gasteiger partial charge is 0.270 e. The number of non-ortho nitro benzene ring substituents is 1. The molecule has 2 aromatic rings. The molecule has 0 aliphatic heterocycles. The van der Waals surface area contributed by atoms with E-state index < -0.39 is 14.9 Å². The van der Waals surface area contributed by atoms with Gasteiger partial charge in [0.1, 0.15) is 0 Å². The third-order valence-electron chi connectivity index (χ3n) is 3.26. The Morgan fingerprint density at radius 2 is 2.08 bits per heavy atom. The first-order valence-electron chi connectivity index (χ1n) is 7.16. The average Bonchev–Trinajstić information content (AvgIpc) is 2.54. The van der Waals surface area contributed by atoms with Crippen LogP contribution >= 0.6 is 0 Å². The topological polar surface area (TPSA) is 111 Å². The monoisotopic (exact) mass is 351 g/mol. The quantitative estimate of drug-likeness (QED) is 0.604. The molecule has 1 heterocycles. The molecule has 1 aromatic carbocycles. The summed E-state index contributed by atoms with van der Waals surface area (Å²) in [4.78, 5) is 14.1. The van der Waals surface area contributed by atoms with Gasteiger partial charge in [-0.1, -0.05) is 12.1 Å². The molecule has 0 amide bonds. The lowest BCUT2D eigenvalue weighted by Gasteiger charge is -2.11. The molecule has 0 aliphatic rings. The van der Waals surface area contributed by atoms with E-state index in [-0.39, 0.29) is 17.1 Å². The standard InChI is InChI=1S/C15H17N3O5S/c1-3-23-15-12(5-4-8-16-15)10-17-24(21,22)14-9-13(18(19)20)7-6-11(14)2/h4-9,17H,3,10H2,1-2H3. The summed E-state index contributed by atoms with van der Waals surface area (Å²) < 4.78 is 32.7. The van der Waals surface area contributed by atoms with Crippen LogP contribution in [-0.2, 0) is 16.6 Å². The molecule has 0 bridgehead atoms. The molecule has 0 spiro atoms. The van der Waals surface area contributed by atoms with E-state index in [0.717, 1.165) is 6.07 Å². The Morgan fingerprint density at radius 1 is 1.33 bits per heavy atom. The van der Waals surface area contributed by atoms with Crippen LogP contribution in [0.1, 0.15) is 18.1 Å². The Morgan fingerprint density at radius 3 is 2.75 bits per heavy atom. The van der Waals surface area contributed by atoms with E-state index in [4.69, 9.17) is 4.74 Å². The molecule has 1 N–H and O–H groups in total. The van der Waals surface area contributed by atoms with Gasteiger partial charge in [-0.25, -0.2) is 18.1 Å². The minimum atomic E-state index is -3.91. The molecule has 0 saturated carbocycles. The summed E-state index contributed by atoms with van der Waals surface area (Å²) in [5, 5.41) is 10.9. The number of rotatable bonds is 7. The zero-order valence-electron chi connectivity index (χ0n) is 13.2. The van der Waals surface area contributed by atoms with Gasteiger partial charge in [0.2, 0.25) is 15.9 Å². The number of benzene rings is 1. The van der Waals surface area contributed by atoms with E-state index in [9.17, 15) is 18.5 Å². The molecule has 0 unspecified atom stereocenters. The maximum absolute atomic E-state index is 12.5. The highest BCUT2D eigenvalue weighted by molar-refractivity contribution is 7.89. The minimum absolute atomic E-state index is 0.0341. The lowest BCUT2D eigenvalue weighted by atomic mass is 10.2. The predicted octanol–water partition coefficient (Wildman–Crippen LogP) is 2.18. The maximum Gasteiger partial charge on any atom is 0.270 e. The van der Waals surface area contributed by atoms with Gasteiger partial charge in [0, 0.05) is 30.4 Å². The van der Waals surface area contributed by atoms with E-state index in [2.05, 4.69) is 9.71 Å². The number of hydrogen-bond acceptors (Lipinski definition) is 6. The molecule has 9 heteroatoms. The first-order valence-corrected chi connectivity index (χ1v) is 8.65. The first kappa shape index (κ1) is 17.8. The minimum Gasteiger partial charge on any atom is -0.478 e. The Balaban J connectivity index is 2.27. The second-order valence-corrected chi connectivity index (χ2v) is 6.67. The first-order chi connectivity index (χ1) is 11.3. The highest BCUT2D eigenvalue weighted by Crippen LogP contribution is 2.22. The summed E-state index contributed by atoms with van der Waals surface area (Å²) in [6.07, 6.45) is 1.55. The van der Waals surface area contributed by atoms with Crippen LogP contribution < -0.4 is 9.46 Å². The SMILES string of the molecule is CCOc1ncccc1CNS(=O)(=O)c1cc([N+](=O)[O-])ccc1C. The fourth-order valence-corrected chi connectivity index (χ4v) is 3.34.